The fraction of sp³-hybridized carbons (Fsp3) is 0.300. The standard InChI is InChI=1S/C10H12N10O/c1-3-12-7-15-8(20-5-11-4-14-20)17-10(16-7)21-9-13-6-19(2)18-9/h4-6H,3H2,1-2H3,(H,12,15,16,17). The Morgan fingerprint density at radius 3 is 2.76 bits per heavy atom. The normalized spacial score (nSPS) is 10.6. The van der Waals surface area contributed by atoms with Gasteiger partial charge in [-0.15, -0.1) is 5.10 Å². The van der Waals surface area contributed by atoms with Crippen molar-refractivity contribution in [2.75, 3.05) is 11.9 Å². The van der Waals surface area contributed by atoms with Gasteiger partial charge in [-0.2, -0.15) is 29.7 Å². The molecule has 21 heavy (non-hydrogen) atoms. The smallest absolute Gasteiger partial charge is 0.343 e. The molecule has 11 nitrogen and oxygen atoms in total. The number of rotatable bonds is 5. The first kappa shape index (κ1) is 12.9. The van der Waals surface area contributed by atoms with Crippen molar-refractivity contribution in [3.63, 3.8) is 0 Å². The molecule has 0 atom stereocenters. The van der Waals surface area contributed by atoms with Crippen LogP contribution in [0.15, 0.2) is 19.0 Å². The highest BCUT2D eigenvalue weighted by Gasteiger charge is 2.12. The van der Waals surface area contributed by atoms with Crippen LogP contribution in [0.4, 0.5) is 5.95 Å². The molecule has 0 radical (unpaired) electrons. The highest BCUT2D eigenvalue weighted by Crippen LogP contribution is 2.15. The summed E-state index contributed by atoms with van der Waals surface area (Å²) in [5, 5.41) is 11.0. The number of aryl methyl sites for hydroxylation is 1. The third-order valence-corrected chi connectivity index (χ3v) is 2.32. The maximum absolute atomic E-state index is 5.42. The van der Waals surface area contributed by atoms with E-state index in [1.54, 1.807) is 7.05 Å². The molecular formula is C10H12N10O. The quantitative estimate of drug-likeness (QED) is 0.680. The van der Waals surface area contributed by atoms with Crippen molar-refractivity contribution in [1.29, 1.82) is 0 Å². The number of aromatic nitrogens is 9. The van der Waals surface area contributed by atoms with Crippen molar-refractivity contribution >= 4 is 5.95 Å². The second-order valence-corrected chi connectivity index (χ2v) is 3.91. The lowest BCUT2D eigenvalue weighted by atomic mass is 10.7. The molecule has 0 amide bonds. The highest BCUT2D eigenvalue weighted by molar-refractivity contribution is 5.30. The second kappa shape index (κ2) is 5.48. The van der Waals surface area contributed by atoms with Crippen molar-refractivity contribution in [1.82, 2.24) is 44.5 Å². The Morgan fingerprint density at radius 2 is 2.10 bits per heavy atom. The maximum atomic E-state index is 5.42. The molecule has 0 fully saturated rings. The zero-order valence-electron chi connectivity index (χ0n) is 11.4. The van der Waals surface area contributed by atoms with Crippen molar-refractivity contribution in [2.45, 2.75) is 6.92 Å². The molecule has 0 saturated carbocycles. The van der Waals surface area contributed by atoms with E-state index >= 15 is 0 Å². The lowest BCUT2D eigenvalue weighted by molar-refractivity contribution is 0.402. The van der Waals surface area contributed by atoms with Crippen molar-refractivity contribution in [2.24, 2.45) is 7.05 Å². The minimum Gasteiger partial charge on any atom is -0.387 e. The van der Waals surface area contributed by atoms with E-state index < -0.39 is 0 Å². The van der Waals surface area contributed by atoms with E-state index in [2.05, 4.69) is 40.4 Å². The zero-order chi connectivity index (χ0) is 14.7. The number of nitrogens with zero attached hydrogens (tertiary/aromatic N) is 9. The molecule has 3 rings (SSSR count). The van der Waals surface area contributed by atoms with Gasteiger partial charge in [0.05, 0.1) is 0 Å². The lowest BCUT2D eigenvalue weighted by Gasteiger charge is -2.06. The molecule has 108 valence electrons. The van der Waals surface area contributed by atoms with Crippen LogP contribution >= 0.6 is 0 Å². The van der Waals surface area contributed by atoms with E-state index in [0.717, 1.165) is 0 Å². The molecule has 1 N–H and O–H groups in total. The number of nitrogens with one attached hydrogen (secondary N) is 1. The van der Waals surface area contributed by atoms with E-state index in [1.807, 2.05) is 6.92 Å². The van der Waals surface area contributed by atoms with Crippen LogP contribution in [-0.4, -0.2) is 51.0 Å². The van der Waals surface area contributed by atoms with Gasteiger partial charge in [0.1, 0.15) is 19.0 Å². The van der Waals surface area contributed by atoms with E-state index in [9.17, 15) is 0 Å². The van der Waals surface area contributed by atoms with Gasteiger partial charge in [-0.05, 0) is 6.92 Å². The summed E-state index contributed by atoms with van der Waals surface area (Å²) in [5.41, 5.74) is 0. The van der Waals surface area contributed by atoms with Crippen LogP contribution < -0.4 is 10.1 Å². The maximum Gasteiger partial charge on any atom is 0.343 e. The van der Waals surface area contributed by atoms with Crippen LogP contribution in [-0.2, 0) is 7.05 Å². The molecular weight excluding hydrogens is 276 g/mol. The fourth-order valence-electron chi connectivity index (χ4n) is 1.49. The number of ether oxygens (including phenoxy) is 1. The largest absolute Gasteiger partial charge is 0.387 e. The Bertz CT molecular complexity index is 721. The monoisotopic (exact) mass is 288 g/mol. The molecule has 3 heterocycles. The lowest BCUT2D eigenvalue weighted by Crippen LogP contribution is -2.10. The van der Waals surface area contributed by atoms with Gasteiger partial charge in [0.2, 0.25) is 5.95 Å². The number of hydrogen-bond donors (Lipinski definition) is 1. The van der Waals surface area contributed by atoms with Gasteiger partial charge < -0.3 is 10.1 Å². The van der Waals surface area contributed by atoms with Gasteiger partial charge in [0.25, 0.3) is 5.95 Å². The van der Waals surface area contributed by atoms with Crippen LogP contribution in [0.3, 0.4) is 0 Å². The Hall–Kier alpha value is -3.11. The van der Waals surface area contributed by atoms with E-state index in [0.29, 0.717) is 12.5 Å². The molecule has 0 saturated heterocycles. The summed E-state index contributed by atoms with van der Waals surface area (Å²) in [7, 11) is 1.73. The molecule has 0 aliphatic rings. The fourth-order valence-corrected chi connectivity index (χ4v) is 1.49. The Kier molecular flexibility index (Phi) is 3.37. The first-order chi connectivity index (χ1) is 10.2. The third kappa shape index (κ3) is 2.91. The van der Waals surface area contributed by atoms with Crippen molar-refractivity contribution in [3.05, 3.63) is 19.0 Å². The van der Waals surface area contributed by atoms with Crippen LogP contribution in [0.2, 0.25) is 0 Å². The Labute approximate surface area is 119 Å². The first-order valence-electron chi connectivity index (χ1n) is 6.13. The minimum absolute atomic E-state index is 0.0673. The predicted octanol–water partition coefficient (Wildman–Crippen LogP) is -0.195. The molecule has 0 unspecified atom stereocenters. The van der Waals surface area contributed by atoms with E-state index in [4.69, 9.17) is 4.74 Å². The molecule has 0 aliphatic carbocycles. The van der Waals surface area contributed by atoms with Crippen LogP contribution in [0.5, 0.6) is 12.0 Å². The van der Waals surface area contributed by atoms with Crippen LogP contribution in [0.1, 0.15) is 6.92 Å². The van der Waals surface area contributed by atoms with Crippen LogP contribution in [0.25, 0.3) is 5.95 Å². The SMILES string of the molecule is CCNc1nc(Oc2ncn(C)n2)nc(-n2cncn2)n1. The Morgan fingerprint density at radius 1 is 1.19 bits per heavy atom. The minimum atomic E-state index is 0.0673. The molecule has 0 aromatic carbocycles. The third-order valence-electron chi connectivity index (χ3n) is 2.32. The summed E-state index contributed by atoms with van der Waals surface area (Å²) in [6.07, 6.45) is 4.38. The molecule has 3 aromatic rings. The number of anilines is 1. The average Bonchev–Trinajstić information content (AvgIpc) is 3.11. The summed E-state index contributed by atoms with van der Waals surface area (Å²) >= 11 is 0. The summed E-state index contributed by atoms with van der Waals surface area (Å²) in [6, 6.07) is 0.216. The molecule has 3 aromatic heterocycles. The summed E-state index contributed by atoms with van der Waals surface area (Å²) < 4.78 is 8.34. The van der Waals surface area contributed by atoms with Gasteiger partial charge in [0.15, 0.2) is 0 Å². The molecule has 0 bridgehead atoms. The zero-order valence-corrected chi connectivity index (χ0v) is 11.4. The van der Waals surface area contributed by atoms with Crippen molar-refractivity contribution < 1.29 is 4.74 Å². The summed E-state index contributed by atoms with van der Waals surface area (Å²) in [6.45, 7) is 2.59. The van der Waals surface area contributed by atoms with Gasteiger partial charge >= 0.3 is 12.0 Å². The van der Waals surface area contributed by atoms with Gasteiger partial charge in [0, 0.05) is 13.6 Å². The molecule has 0 aliphatic heterocycles. The van der Waals surface area contributed by atoms with Crippen LogP contribution in [0, 0.1) is 0 Å². The Balaban J connectivity index is 1.95. The van der Waals surface area contributed by atoms with E-state index in [1.165, 1.54) is 28.3 Å². The van der Waals surface area contributed by atoms with Gasteiger partial charge in [-0.3, -0.25) is 4.68 Å². The first-order valence-corrected chi connectivity index (χ1v) is 6.13. The predicted molar refractivity (Wildman–Crippen MR) is 70.0 cm³/mol. The topological polar surface area (TPSA) is 121 Å². The average molecular weight is 288 g/mol. The summed E-state index contributed by atoms with van der Waals surface area (Å²) in [5.74, 6) is 0.647. The second-order valence-electron chi connectivity index (χ2n) is 3.91. The molecule has 0 spiro atoms. The van der Waals surface area contributed by atoms with Crippen molar-refractivity contribution in [3.8, 4) is 18.0 Å². The highest BCUT2D eigenvalue weighted by atomic mass is 16.5. The molecule has 11 heteroatoms. The summed E-state index contributed by atoms with van der Waals surface area (Å²) in [4.78, 5) is 20.3. The van der Waals surface area contributed by atoms with Gasteiger partial charge in [-0.25, -0.2) is 4.98 Å². The van der Waals surface area contributed by atoms with Gasteiger partial charge in [-0.1, -0.05) is 0 Å². The van der Waals surface area contributed by atoms with E-state index in [-0.39, 0.29) is 18.0 Å². The number of hydrogen-bond acceptors (Lipinski definition) is 9.